The van der Waals surface area contributed by atoms with Crippen molar-refractivity contribution < 1.29 is 9.84 Å². The topological polar surface area (TPSA) is 83.6 Å². The number of rotatable bonds is 7. The summed E-state index contributed by atoms with van der Waals surface area (Å²) in [5, 5.41) is 9.60. The van der Waals surface area contributed by atoms with E-state index in [0.29, 0.717) is 25.5 Å². The quantitative estimate of drug-likeness (QED) is 0.452. The zero-order valence-electron chi connectivity index (χ0n) is 10.3. The van der Waals surface area contributed by atoms with Crippen LogP contribution in [0.4, 0.5) is 5.82 Å². The van der Waals surface area contributed by atoms with Crippen LogP contribution in [0.1, 0.15) is 5.56 Å². The second-order valence-corrected chi connectivity index (χ2v) is 3.96. The number of nitrogen functional groups attached to an aromatic ring is 1. The van der Waals surface area contributed by atoms with Crippen LogP contribution in [0.25, 0.3) is 0 Å². The first-order valence-electron chi connectivity index (χ1n) is 5.43. The number of ether oxygens (including phenoxy) is 1. The maximum Gasteiger partial charge on any atom is 0.144 e. The average molecular weight is 240 g/mol. The summed E-state index contributed by atoms with van der Waals surface area (Å²) in [7, 11) is 3.49. The van der Waals surface area contributed by atoms with Crippen molar-refractivity contribution >= 4 is 5.82 Å². The summed E-state index contributed by atoms with van der Waals surface area (Å²) in [5.74, 6) is 6.03. The van der Waals surface area contributed by atoms with Gasteiger partial charge in [0.05, 0.1) is 12.7 Å². The highest BCUT2D eigenvalue weighted by atomic mass is 16.5. The van der Waals surface area contributed by atoms with Crippen LogP contribution in [0.15, 0.2) is 18.3 Å². The molecule has 0 saturated carbocycles. The number of methoxy groups -OCH3 is 1. The lowest BCUT2D eigenvalue weighted by molar-refractivity contribution is 0.0419. The third-order valence-corrected chi connectivity index (χ3v) is 2.35. The third-order valence-electron chi connectivity index (χ3n) is 2.35. The van der Waals surface area contributed by atoms with Gasteiger partial charge in [-0.1, -0.05) is 6.07 Å². The minimum atomic E-state index is -0.490. The number of nitrogens with two attached hydrogens (primary N) is 1. The van der Waals surface area contributed by atoms with Gasteiger partial charge in [-0.2, -0.15) is 0 Å². The van der Waals surface area contributed by atoms with Crippen LogP contribution in [-0.4, -0.2) is 48.4 Å². The van der Waals surface area contributed by atoms with Crippen LogP contribution in [0.2, 0.25) is 0 Å². The van der Waals surface area contributed by atoms with Gasteiger partial charge in [0, 0.05) is 32.0 Å². The van der Waals surface area contributed by atoms with Crippen LogP contribution >= 0.6 is 0 Å². The van der Waals surface area contributed by atoms with Gasteiger partial charge in [0.15, 0.2) is 0 Å². The highest BCUT2D eigenvalue weighted by molar-refractivity contribution is 5.42. The molecule has 0 amide bonds. The zero-order valence-corrected chi connectivity index (χ0v) is 10.3. The van der Waals surface area contributed by atoms with Crippen LogP contribution in [0.5, 0.6) is 0 Å². The van der Waals surface area contributed by atoms with Crippen molar-refractivity contribution in [1.82, 2.24) is 9.88 Å². The number of anilines is 1. The van der Waals surface area contributed by atoms with Gasteiger partial charge >= 0.3 is 0 Å². The Bertz CT molecular complexity index is 335. The molecule has 1 aromatic rings. The van der Waals surface area contributed by atoms with Gasteiger partial charge in [0.25, 0.3) is 0 Å². The predicted octanol–water partition coefficient (Wildman–Crippen LogP) is -0.194. The van der Waals surface area contributed by atoms with Crippen molar-refractivity contribution in [2.24, 2.45) is 5.84 Å². The number of aromatic nitrogens is 1. The summed E-state index contributed by atoms with van der Waals surface area (Å²) in [6.45, 7) is 1.53. The molecule has 6 heteroatoms. The molecule has 1 unspecified atom stereocenters. The smallest absolute Gasteiger partial charge is 0.144 e. The lowest BCUT2D eigenvalue weighted by Crippen LogP contribution is -2.32. The van der Waals surface area contributed by atoms with Gasteiger partial charge in [0.1, 0.15) is 5.82 Å². The highest BCUT2D eigenvalue weighted by Crippen LogP contribution is 2.12. The van der Waals surface area contributed by atoms with Crippen molar-refractivity contribution in [3.63, 3.8) is 0 Å². The molecule has 0 radical (unpaired) electrons. The molecule has 0 aliphatic heterocycles. The van der Waals surface area contributed by atoms with Crippen molar-refractivity contribution in [3.05, 3.63) is 23.9 Å². The molecule has 0 aliphatic rings. The molecule has 0 spiro atoms. The number of nitrogens with zero attached hydrogens (tertiary/aromatic N) is 2. The van der Waals surface area contributed by atoms with Gasteiger partial charge in [-0.3, -0.25) is 4.90 Å². The normalized spacial score (nSPS) is 12.8. The van der Waals surface area contributed by atoms with Gasteiger partial charge in [0.2, 0.25) is 0 Å². The second-order valence-electron chi connectivity index (χ2n) is 3.96. The predicted molar refractivity (Wildman–Crippen MR) is 66.3 cm³/mol. The Balaban J connectivity index is 2.52. The van der Waals surface area contributed by atoms with E-state index in [-0.39, 0.29) is 0 Å². The molecule has 4 N–H and O–H groups in total. The maximum atomic E-state index is 9.60. The fourth-order valence-electron chi connectivity index (χ4n) is 1.66. The van der Waals surface area contributed by atoms with E-state index in [9.17, 15) is 5.11 Å². The Morgan fingerprint density at radius 1 is 1.65 bits per heavy atom. The van der Waals surface area contributed by atoms with Crippen molar-refractivity contribution in [2.75, 3.05) is 32.7 Å². The number of hydrogen-bond donors (Lipinski definition) is 3. The van der Waals surface area contributed by atoms with E-state index in [1.54, 1.807) is 13.3 Å². The van der Waals surface area contributed by atoms with E-state index in [4.69, 9.17) is 10.6 Å². The highest BCUT2D eigenvalue weighted by Gasteiger charge is 2.10. The summed E-state index contributed by atoms with van der Waals surface area (Å²) in [6.07, 6.45) is 1.19. The molecule has 1 heterocycles. The van der Waals surface area contributed by atoms with E-state index in [1.165, 1.54) is 0 Å². The van der Waals surface area contributed by atoms with Crippen molar-refractivity contribution in [3.8, 4) is 0 Å². The molecule has 17 heavy (non-hydrogen) atoms. The Labute approximate surface area is 101 Å². The van der Waals surface area contributed by atoms with E-state index in [1.807, 2.05) is 24.1 Å². The third kappa shape index (κ3) is 4.66. The molecule has 96 valence electrons. The molecule has 1 atom stereocenters. The minimum Gasteiger partial charge on any atom is -0.389 e. The summed E-state index contributed by atoms with van der Waals surface area (Å²) in [5.41, 5.74) is 3.54. The Morgan fingerprint density at radius 2 is 2.41 bits per heavy atom. The molecular weight excluding hydrogens is 220 g/mol. The van der Waals surface area contributed by atoms with Gasteiger partial charge < -0.3 is 15.3 Å². The van der Waals surface area contributed by atoms with Crippen LogP contribution in [-0.2, 0) is 11.3 Å². The van der Waals surface area contributed by atoms with E-state index in [0.717, 1.165) is 5.56 Å². The summed E-state index contributed by atoms with van der Waals surface area (Å²) < 4.78 is 4.88. The first-order valence-corrected chi connectivity index (χ1v) is 5.43. The fourth-order valence-corrected chi connectivity index (χ4v) is 1.66. The Morgan fingerprint density at radius 3 is 3.06 bits per heavy atom. The molecule has 0 aromatic carbocycles. The number of hydrogen-bond acceptors (Lipinski definition) is 6. The summed E-state index contributed by atoms with van der Waals surface area (Å²) >= 11 is 0. The van der Waals surface area contributed by atoms with Crippen LogP contribution < -0.4 is 11.3 Å². The van der Waals surface area contributed by atoms with E-state index >= 15 is 0 Å². The molecule has 0 aliphatic carbocycles. The molecule has 0 bridgehead atoms. The fraction of sp³-hybridized carbons (Fsp3) is 0.545. The Hall–Kier alpha value is -1.21. The molecule has 0 fully saturated rings. The first kappa shape index (κ1) is 13.9. The van der Waals surface area contributed by atoms with Crippen molar-refractivity contribution in [1.29, 1.82) is 0 Å². The summed E-state index contributed by atoms with van der Waals surface area (Å²) in [4.78, 5) is 6.10. The average Bonchev–Trinajstić information content (AvgIpc) is 2.29. The van der Waals surface area contributed by atoms with Gasteiger partial charge in [-0.15, -0.1) is 0 Å². The largest absolute Gasteiger partial charge is 0.389 e. The van der Waals surface area contributed by atoms with E-state index in [2.05, 4.69) is 10.4 Å². The van der Waals surface area contributed by atoms with Crippen LogP contribution in [0, 0.1) is 0 Å². The van der Waals surface area contributed by atoms with E-state index < -0.39 is 6.10 Å². The molecule has 6 nitrogen and oxygen atoms in total. The van der Waals surface area contributed by atoms with Gasteiger partial charge in [-0.25, -0.2) is 10.8 Å². The second kappa shape index (κ2) is 7.18. The number of likely N-dealkylation sites (N-methyl/N-ethyl adjacent to an activating group) is 1. The molecule has 0 saturated heterocycles. The number of nitrogens with one attached hydrogen (secondary N) is 1. The maximum absolute atomic E-state index is 9.60. The number of aliphatic hydroxyl groups excluding tert-OH is 1. The summed E-state index contributed by atoms with van der Waals surface area (Å²) in [6, 6.07) is 3.80. The lowest BCUT2D eigenvalue weighted by Gasteiger charge is -2.21. The number of hydrazine groups is 1. The molecule has 1 aromatic heterocycles. The Kier molecular flexibility index (Phi) is 5.85. The SMILES string of the molecule is COCC(O)CN(C)Cc1cccnc1NN. The van der Waals surface area contributed by atoms with Crippen molar-refractivity contribution in [2.45, 2.75) is 12.6 Å². The van der Waals surface area contributed by atoms with Gasteiger partial charge in [-0.05, 0) is 13.1 Å². The monoisotopic (exact) mass is 240 g/mol. The first-order chi connectivity index (χ1) is 8.17. The lowest BCUT2D eigenvalue weighted by atomic mass is 10.2. The van der Waals surface area contributed by atoms with Crippen LogP contribution in [0.3, 0.4) is 0 Å². The zero-order chi connectivity index (χ0) is 12.7. The minimum absolute atomic E-state index is 0.333. The number of aliphatic hydroxyl groups is 1. The standard InChI is InChI=1S/C11H20N4O2/c1-15(7-10(16)8-17-2)6-9-4-3-5-13-11(9)14-12/h3-5,10,16H,6-8,12H2,1-2H3,(H,13,14). The number of pyridine rings is 1. The molecule has 1 rings (SSSR count). The molecular formula is C11H20N4O2.